The Morgan fingerprint density at radius 2 is 1.92 bits per heavy atom. The molecule has 0 spiro atoms. The van der Waals surface area contributed by atoms with Crippen molar-refractivity contribution in [3.05, 3.63) is 84.6 Å². The second-order valence-electron chi connectivity index (χ2n) is 14.6. The molecule has 3 aliphatic rings. The molecule has 4 bridgehead atoms. The molecule has 9 nitrogen and oxygen atoms in total. The highest BCUT2D eigenvalue weighted by molar-refractivity contribution is 5.82. The number of esters is 2. The molecule has 2 saturated heterocycles. The van der Waals surface area contributed by atoms with Crippen LogP contribution < -0.4 is 0 Å². The molecule has 0 aromatic rings. The summed E-state index contributed by atoms with van der Waals surface area (Å²) in [6.07, 6.45) is 21.0. The fourth-order valence-corrected chi connectivity index (χ4v) is 6.27. The molecule has 0 aromatic carbocycles. The van der Waals surface area contributed by atoms with Crippen LogP contribution >= 0.6 is 0 Å². The number of carbonyl (C=O) groups excluding carboxylic acids is 2. The molecule has 0 unspecified atom stereocenters. The summed E-state index contributed by atoms with van der Waals surface area (Å²) in [4.78, 5) is 25.3. The lowest BCUT2D eigenvalue weighted by atomic mass is 9.73. The molecule has 0 saturated carbocycles. The van der Waals surface area contributed by atoms with Crippen LogP contribution in [0, 0.1) is 17.3 Å². The highest BCUT2D eigenvalue weighted by Gasteiger charge is 2.49. The molecule has 3 heterocycles. The van der Waals surface area contributed by atoms with Crippen molar-refractivity contribution in [1.82, 2.24) is 0 Å². The molecule has 3 aliphatic heterocycles. The van der Waals surface area contributed by atoms with Gasteiger partial charge in [0.25, 0.3) is 0 Å². The van der Waals surface area contributed by atoms with E-state index < -0.39 is 41.8 Å². The number of aliphatic hydroxyl groups excluding tert-OH is 3. The standard InChI is InChI=1S/C41H60O9/c1-28(2)21-22-30(4)26-47-40(46)34(43)18-13-14-19-37-41(6,27-42)38-25-33(49-37)17-10-7-9-15-29(3)23-36-31(5)35(44)24-32(48-36)16-11-8-12-20-39(45)50-38/h8-15,17,20,23,28,31-38,42-44H,4,7,16,18-19,21-22,24-27H2,1-3,5-6H3/b11-8-,14-13+,15-9-,17-10-,20-12-,29-23-/t31-,32+,33+,34-,35+,36-,37-,38+,41-/m0/s1. The number of carbonyl (C=O) groups is 2. The lowest BCUT2D eigenvalue weighted by molar-refractivity contribution is -0.198. The fraction of sp³-hybridized carbons (Fsp3) is 0.610. The van der Waals surface area contributed by atoms with Crippen LogP contribution in [0.4, 0.5) is 0 Å². The van der Waals surface area contributed by atoms with Crippen molar-refractivity contribution in [1.29, 1.82) is 0 Å². The highest BCUT2D eigenvalue weighted by atomic mass is 16.6. The summed E-state index contributed by atoms with van der Waals surface area (Å²) in [7, 11) is 0. The second-order valence-corrected chi connectivity index (χ2v) is 14.6. The average molecular weight is 697 g/mol. The first kappa shape index (κ1) is 41.3. The summed E-state index contributed by atoms with van der Waals surface area (Å²) in [5.41, 5.74) is 0.954. The third kappa shape index (κ3) is 13.2. The van der Waals surface area contributed by atoms with Gasteiger partial charge in [0.05, 0.1) is 42.5 Å². The molecule has 278 valence electrons. The van der Waals surface area contributed by atoms with Gasteiger partial charge in [0, 0.05) is 31.3 Å². The molecule has 50 heavy (non-hydrogen) atoms. The van der Waals surface area contributed by atoms with Gasteiger partial charge in [-0.25, -0.2) is 9.59 Å². The zero-order valence-corrected chi connectivity index (χ0v) is 30.6. The van der Waals surface area contributed by atoms with Gasteiger partial charge in [0.1, 0.15) is 12.7 Å². The number of fused-ring (bicyclic) bond motifs is 4. The van der Waals surface area contributed by atoms with E-state index in [1.165, 1.54) is 6.08 Å². The summed E-state index contributed by atoms with van der Waals surface area (Å²) in [6.45, 7) is 13.9. The third-order valence-electron chi connectivity index (χ3n) is 9.79. The zero-order valence-electron chi connectivity index (χ0n) is 30.6. The fourth-order valence-electron chi connectivity index (χ4n) is 6.27. The number of aliphatic hydroxyl groups is 3. The van der Waals surface area contributed by atoms with E-state index in [0.29, 0.717) is 38.0 Å². The van der Waals surface area contributed by atoms with Crippen LogP contribution in [0.5, 0.6) is 0 Å². The summed E-state index contributed by atoms with van der Waals surface area (Å²) in [5, 5.41) is 31.6. The van der Waals surface area contributed by atoms with Crippen molar-refractivity contribution >= 4 is 11.9 Å². The van der Waals surface area contributed by atoms with Crippen molar-refractivity contribution in [2.45, 2.75) is 129 Å². The highest BCUT2D eigenvalue weighted by Crippen LogP contribution is 2.41. The van der Waals surface area contributed by atoms with Gasteiger partial charge in [-0.05, 0) is 50.5 Å². The Kier molecular flexibility index (Phi) is 17.1. The van der Waals surface area contributed by atoms with Crippen molar-refractivity contribution in [3.8, 4) is 0 Å². The molecular formula is C41H60O9. The molecule has 0 amide bonds. The van der Waals surface area contributed by atoms with Gasteiger partial charge in [-0.2, -0.15) is 0 Å². The number of rotatable bonds is 11. The Bertz CT molecular complexity index is 1290. The van der Waals surface area contributed by atoms with Gasteiger partial charge in [0.2, 0.25) is 0 Å². The summed E-state index contributed by atoms with van der Waals surface area (Å²) in [5.74, 6) is -0.720. The normalized spacial score (nSPS) is 35.3. The third-order valence-corrected chi connectivity index (χ3v) is 9.79. The lowest BCUT2D eigenvalue weighted by Gasteiger charge is -2.47. The van der Waals surface area contributed by atoms with E-state index in [1.54, 1.807) is 18.2 Å². The lowest BCUT2D eigenvalue weighted by Crippen LogP contribution is -2.55. The Morgan fingerprint density at radius 3 is 2.66 bits per heavy atom. The van der Waals surface area contributed by atoms with Gasteiger partial charge in [-0.3, -0.25) is 0 Å². The van der Waals surface area contributed by atoms with E-state index in [1.807, 2.05) is 57.2 Å². The van der Waals surface area contributed by atoms with Crippen LogP contribution in [0.2, 0.25) is 0 Å². The maximum absolute atomic E-state index is 13.0. The van der Waals surface area contributed by atoms with Gasteiger partial charge in [0.15, 0.2) is 6.10 Å². The van der Waals surface area contributed by atoms with Gasteiger partial charge >= 0.3 is 11.9 Å². The monoisotopic (exact) mass is 696 g/mol. The minimum Gasteiger partial charge on any atom is -0.459 e. The minimum absolute atomic E-state index is 0.0218. The van der Waals surface area contributed by atoms with E-state index in [0.717, 1.165) is 24.0 Å². The summed E-state index contributed by atoms with van der Waals surface area (Å²) < 4.78 is 23.9. The summed E-state index contributed by atoms with van der Waals surface area (Å²) >= 11 is 0. The maximum Gasteiger partial charge on any atom is 0.335 e. The molecule has 9 atom stereocenters. The first-order valence-electron chi connectivity index (χ1n) is 18.1. The SMILES string of the molecule is C=C(CCC(C)C)COC(=O)[C@@H](O)C/C=C/C[C@@H]1O[C@@H]2/C=C\C/C=C\C(C)=C/[C@@H]3O[C@H](C/C=C\C=C/C(=O)O[C@H](C2)[C@@]1(C)CO)C[C@@H](O)[C@@H]3C. The Balaban J connectivity index is 1.71. The van der Waals surface area contributed by atoms with Crippen molar-refractivity contribution in [2.24, 2.45) is 17.3 Å². The zero-order chi connectivity index (χ0) is 36.7. The summed E-state index contributed by atoms with van der Waals surface area (Å²) in [6, 6.07) is 0. The number of hydrogen-bond acceptors (Lipinski definition) is 9. The van der Waals surface area contributed by atoms with Crippen LogP contribution in [0.1, 0.15) is 86.0 Å². The van der Waals surface area contributed by atoms with E-state index in [-0.39, 0.29) is 43.9 Å². The number of hydrogen-bond donors (Lipinski definition) is 3. The second kappa shape index (κ2) is 20.7. The molecule has 0 aliphatic carbocycles. The number of allylic oxidation sites excluding steroid dienone is 6. The van der Waals surface area contributed by atoms with Crippen LogP contribution in [0.15, 0.2) is 84.6 Å². The van der Waals surface area contributed by atoms with Crippen LogP contribution in [0.25, 0.3) is 0 Å². The molecular weight excluding hydrogens is 636 g/mol. The topological polar surface area (TPSA) is 132 Å². The van der Waals surface area contributed by atoms with Crippen LogP contribution in [0.3, 0.4) is 0 Å². The van der Waals surface area contributed by atoms with Crippen LogP contribution in [-0.2, 0) is 28.5 Å². The smallest absolute Gasteiger partial charge is 0.335 e. The molecule has 0 radical (unpaired) electrons. The van der Waals surface area contributed by atoms with Gasteiger partial charge in [-0.15, -0.1) is 0 Å². The van der Waals surface area contributed by atoms with Gasteiger partial charge < -0.3 is 34.3 Å². The van der Waals surface area contributed by atoms with Crippen LogP contribution in [-0.4, -0.2) is 83.2 Å². The maximum atomic E-state index is 13.0. The average Bonchev–Trinajstić information content (AvgIpc) is 3.07. The first-order chi connectivity index (χ1) is 23.8. The van der Waals surface area contributed by atoms with E-state index in [9.17, 15) is 24.9 Å². The molecule has 2 fully saturated rings. The first-order valence-corrected chi connectivity index (χ1v) is 18.1. The van der Waals surface area contributed by atoms with Crippen molar-refractivity contribution in [2.75, 3.05) is 13.2 Å². The minimum atomic E-state index is -1.31. The molecule has 9 heteroatoms. The van der Waals surface area contributed by atoms with Crippen molar-refractivity contribution in [3.63, 3.8) is 0 Å². The Labute approximate surface area is 299 Å². The largest absolute Gasteiger partial charge is 0.459 e. The Hall–Kier alpha value is -3.08. The number of ether oxygens (including phenoxy) is 4. The predicted octanol–water partition coefficient (Wildman–Crippen LogP) is 6.41. The predicted molar refractivity (Wildman–Crippen MR) is 195 cm³/mol. The quantitative estimate of drug-likeness (QED) is 0.166. The van der Waals surface area contributed by atoms with Gasteiger partial charge in [-0.1, -0.05) is 101 Å². The molecule has 0 aromatic heterocycles. The molecule has 3 rings (SSSR count). The van der Waals surface area contributed by atoms with E-state index in [4.69, 9.17) is 18.9 Å². The van der Waals surface area contributed by atoms with E-state index >= 15 is 0 Å². The van der Waals surface area contributed by atoms with Crippen molar-refractivity contribution < 1.29 is 43.9 Å². The Morgan fingerprint density at radius 1 is 1.14 bits per heavy atom. The molecule has 3 N–H and O–H groups in total. The van der Waals surface area contributed by atoms with E-state index in [2.05, 4.69) is 26.5 Å².